The van der Waals surface area contributed by atoms with Crippen LogP contribution < -0.4 is 5.32 Å². The first kappa shape index (κ1) is 60.6. The summed E-state index contributed by atoms with van der Waals surface area (Å²) in [7, 11) is 0. The summed E-state index contributed by atoms with van der Waals surface area (Å²) in [5.74, 6) is -0.0698. The molecule has 0 bridgehead atoms. The Kier molecular flexibility index (Phi) is 51.8. The second kappa shape index (κ2) is 53.9. The number of amides is 1. The number of aliphatic hydroxyl groups excluding tert-OH is 2. The second-order valence-corrected chi connectivity index (χ2v) is 18.3. The fraction of sp³-hybridized carbons (Fsp3) is 0.746. The van der Waals surface area contributed by atoms with Crippen LogP contribution in [0.25, 0.3) is 0 Å². The number of carbonyl (C=O) groups excluding carboxylic acids is 1. The highest BCUT2D eigenvalue weighted by molar-refractivity contribution is 5.76. The summed E-state index contributed by atoms with van der Waals surface area (Å²) in [5.41, 5.74) is 0. The maximum Gasteiger partial charge on any atom is 0.220 e. The van der Waals surface area contributed by atoms with Crippen molar-refractivity contribution in [2.75, 3.05) is 6.61 Å². The number of hydrogen-bond donors (Lipinski definition) is 3. The zero-order chi connectivity index (χ0) is 45.6. The van der Waals surface area contributed by atoms with Gasteiger partial charge in [-0.3, -0.25) is 4.79 Å². The van der Waals surface area contributed by atoms with Crippen molar-refractivity contribution in [3.63, 3.8) is 0 Å². The molecule has 0 aliphatic carbocycles. The van der Waals surface area contributed by atoms with E-state index in [9.17, 15) is 15.0 Å². The van der Waals surface area contributed by atoms with E-state index in [0.717, 1.165) is 64.2 Å². The van der Waals surface area contributed by atoms with Crippen molar-refractivity contribution in [1.82, 2.24) is 5.32 Å². The van der Waals surface area contributed by atoms with Gasteiger partial charge in [-0.2, -0.15) is 0 Å². The van der Waals surface area contributed by atoms with E-state index in [2.05, 4.69) is 92.1 Å². The molecule has 1 amide bonds. The van der Waals surface area contributed by atoms with Crippen LogP contribution in [-0.2, 0) is 4.79 Å². The molecule has 0 fully saturated rings. The minimum Gasteiger partial charge on any atom is -0.394 e. The first-order valence-corrected chi connectivity index (χ1v) is 27.3. The van der Waals surface area contributed by atoms with Crippen molar-refractivity contribution in [3.05, 3.63) is 85.1 Å². The number of allylic oxidation sites excluding steroid dienone is 13. The molecule has 63 heavy (non-hydrogen) atoms. The minimum absolute atomic E-state index is 0.0698. The van der Waals surface area contributed by atoms with Gasteiger partial charge in [0.05, 0.1) is 18.8 Å². The van der Waals surface area contributed by atoms with Gasteiger partial charge in [-0.05, 0) is 70.6 Å². The van der Waals surface area contributed by atoms with Crippen LogP contribution in [0.5, 0.6) is 0 Å². The van der Waals surface area contributed by atoms with Crippen LogP contribution in [-0.4, -0.2) is 34.9 Å². The lowest BCUT2D eigenvalue weighted by Gasteiger charge is -2.20. The lowest BCUT2D eigenvalue weighted by Crippen LogP contribution is -2.45. The topological polar surface area (TPSA) is 69.6 Å². The Hall–Kier alpha value is -2.43. The molecule has 364 valence electrons. The molecule has 0 aromatic heterocycles. The Morgan fingerprint density at radius 3 is 1.05 bits per heavy atom. The van der Waals surface area contributed by atoms with Crippen molar-refractivity contribution in [3.8, 4) is 0 Å². The molecule has 2 unspecified atom stereocenters. The third kappa shape index (κ3) is 50.4. The normalized spacial score (nSPS) is 13.5. The monoisotopic (exact) mass is 876 g/mol. The number of nitrogens with one attached hydrogen (secondary N) is 1. The summed E-state index contributed by atoms with van der Waals surface area (Å²) in [6.07, 6.45) is 78.7. The first-order chi connectivity index (χ1) is 31.2. The van der Waals surface area contributed by atoms with Gasteiger partial charge in [-0.25, -0.2) is 0 Å². The van der Waals surface area contributed by atoms with Crippen LogP contribution in [0.3, 0.4) is 0 Å². The van der Waals surface area contributed by atoms with Crippen molar-refractivity contribution in [2.45, 2.75) is 276 Å². The predicted octanol–water partition coefficient (Wildman–Crippen LogP) is 18.0. The van der Waals surface area contributed by atoms with Crippen molar-refractivity contribution in [1.29, 1.82) is 0 Å². The first-order valence-electron chi connectivity index (χ1n) is 27.3. The van der Waals surface area contributed by atoms with Crippen molar-refractivity contribution < 1.29 is 15.0 Å². The van der Waals surface area contributed by atoms with E-state index in [4.69, 9.17) is 0 Å². The molecule has 0 aliphatic rings. The SMILES string of the molecule is CC/C=C\C/C=C\C/C=C\C/C=C\C/C=C\C/C=C\CCCCCCCCCCCCC(=O)NC(CO)C(O)/C=C/CCCCCCCCCCCCCCCCCCCCCC. The number of hydrogen-bond acceptors (Lipinski definition) is 3. The van der Waals surface area contributed by atoms with E-state index >= 15 is 0 Å². The highest BCUT2D eigenvalue weighted by Crippen LogP contribution is 2.16. The van der Waals surface area contributed by atoms with E-state index in [0.29, 0.717) is 6.42 Å². The lowest BCUT2D eigenvalue weighted by atomic mass is 10.0. The average molecular weight is 876 g/mol. The molecule has 0 radical (unpaired) electrons. The smallest absolute Gasteiger partial charge is 0.220 e. The van der Waals surface area contributed by atoms with Gasteiger partial charge < -0.3 is 15.5 Å². The molecule has 0 saturated carbocycles. The Balaban J connectivity index is 3.56. The second-order valence-electron chi connectivity index (χ2n) is 18.3. The standard InChI is InChI=1S/C59H105NO3/c1-3-5-7-9-11-13-15-17-19-21-23-25-27-28-29-30-31-32-33-35-37-39-41-43-45-47-49-51-53-55-59(63)60-57(56-61)58(62)54-52-50-48-46-44-42-40-38-36-34-26-24-22-20-18-16-14-12-10-8-6-4-2/h5,7,11,13,17,19,23,25,28-29,31-32,52,54,57-58,61-62H,3-4,6,8-10,12,14-16,18,20-22,24,26-27,30,33-51,53,55-56H2,1-2H3,(H,60,63)/b7-5-,13-11-,19-17-,25-23-,29-28-,32-31-,54-52+. The molecule has 0 heterocycles. The molecule has 0 aromatic carbocycles. The largest absolute Gasteiger partial charge is 0.394 e. The van der Waals surface area contributed by atoms with Crippen LogP contribution in [0.15, 0.2) is 85.1 Å². The molecule has 0 saturated heterocycles. The third-order valence-electron chi connectivity index (χ3n) is 12.1. The van der Waals surface area contributed by atoms with Crippen LogP contribution in [0.2, 0.25) is 0 Å². The maximum atomic E-state index is 12.5. The predicted molar refractivity (Wildman–Crippen MR) is 280 cm³/mol. The Labute approximate surface area is 392 Å². The highest BCUT2D eigenvalue weighted by Gasteiger charge is 2.18. The fourth-order valence-corrected chi connectivity index (χ4v) is 8.01. The Morgan fingerprint density at radius 1 is 0.397 bits per heavy atom. The molecular weight excluding hydrogens is 771 g/mol. The molecular formula is C59H105NO3. The number of aliphatic hydroxyl groups is 2. The molecule has 0 aromatic rings. The van der Waals surface area contributed by atoms with Gasteiger partial charge in [0.25, 0.3) is 0 Å². The number of carbonyl (C=O) groups is 1. The Morgan fingerprint density at radius 2 is 0.698 bits per heavy atom. The van der Waals surface area contributed by atoms with E-state index in [1.54, 1.807) is 6.08 Å². The van der Waals surface area contributed by atoms with Gasteiger partial charge in [0.1, 0.15) is 0 Å². The summed E-state index contributed by atoms with van der Waals surface area (Å²) in [6.45, 7) is 4.21. The van der Waals surface area contributed by atoms with Gasteiger partial charge in [-0.15, -0.1) is 0 Å². The highest BCUT2D eigenvalue weighted by atomic mass is 16.3. The van der Waals surface area contributed by atoms with Gasteiger partial charge in [0.2, 0.25) is 5.91 Å². The van der Waals surface area contributed by atoms with Crippen LogP contribution >= 0.6 is 0 Å². The molecule has 0 spiro atoms. The maximum absolute atomic E-state index is 12.5. The average Bonchev–Trinajstić information content (AvgIpc) is 3.29. The summed E-state index contributed by atoms with van der Waals surface area (Å²) in [4.78, 5) is 12.5. The van der Waals surface area contributed by atoms with Gasteiger partial charge in [0, 0.05) is 6.42 Å². The van der Waals surface area contributed by atoms with E-state index < -0.39 is 12.1 Å². The molecule has 0 aliphatic heterocycles. The van der Waals surface area contributed by atoms with Crippen molar-refractivity contribution >= 4 is 5.91 Å². The van der Waals surface area contributed by atoms with Crippen LogP contribution in [0.4, 0.5) is 0 Å². The van der Waals surface area contributed by atoms with E-state index in [1.807, 2.05) is 6.08 Å². The lowest BCUT2D eigenvalue weighted by molar-refractivity contribution is -0.123. The quantitative estimate of drug-likeness (QED) is 0.0421. The van der Waals surface area contributed by atoms with E-state index in [1.165, 1.54) is 180 Å². The van der Waals surface area contributed by atoms with Crippen LogP contribution in [0, 0.1) is 0 Å². The molecule has 4 nitrogen and oxygen atoms in total. The van der Waals surface area contributed by atoms with Gasteiger partial charge in [0.15, 0.2) is 0 Å². The molecule has 3 N–H and O–H groups in total. The fourth-order valence-electron chi connectivity index (χ4n) is 8.01. The summed E-state index contributed by atoms with van der Waals surface area (Å²) < 4.78 is 0. The molecule has 2 atom stereocenters. The van der Waals surface area contributed by atoms with Gasteiger partial charge in [-0.1, -0.05) is 272 Å². The zero-order valence-electron chi connectivity index (χ0n) is 41.8. The number of unbranched alkanes of at least 4 members (excludes halogenated alkanes) is 30. The minimum atomic E-state index is -0.847. The third-order valence-corrected chi connectivity index (χ3v) is 12.1. The Bertz CT molecular complexity index is 1130. The summed E-state index contributed by atoms with van der Waals surface area (Å²) >= 11 is 0. The van der Waals surface area contributed by atoms with Gasteiger partial charge >= 0.3 is 0 Å². The summed E-state index contributed by atoms with van der Waals surface area (Å²) in [6, 6.07) is -0.630. The zero-order valence-corrected chi connectivity index (χ0v) is 41.8. The van der Waals surface area contributed by atoms with Crippen molar-refractivity contribution in [2.24, 2.45) is 0 Å². The molecule has 0 rings (SSSR count). The number of rotatable bonds is 49. The van der Waals surface area contributed by atoms with E-state index in [-0.39, 0.29) is 12.5 Å². The summed E-state index contributed by atoms with van der Waals surface area (Å²) in [5, 5.41) is 23.2. The van der Waals surface area contributed by atoms with Crippen LogP contribution in [0.1, 0.15) is 264 Å². The molecule has 4 heteroatoms.